The summed E-state index contributed by atoms with van der Waals surface area (Å²) in [5.74, 6) is 1.35. The molecule has 0 radical (unpaired) electrons. The third-order valence-corrected chi connectivity index (χ3v) is 6.75. The Bertz CT molecular complexity index is 1050. The Morgan fingerprint density at radius 1 is 0.941 bits per heavy atom. The van der Waals surface area contributed by atoms with Gasteiger partial charge < -0.3 is 26.8 Å². The number of benzene rings is 2. The van der Waals surface area contributed by atoms with Gasteiger partial charge in [0.1, 0.15) is 17.1 Å². The van der Waals surface area contributed by atoms with Crippen LogP contribution in [0.5, 0.6) is 11.5 Å². The van der Waals surface area contributed by atoms with Crippen LogP contribution in [0.25, 0.3) is 0 Å². The van der Waals surface area contributed by atoms with Crippen molar-refractivity contribution in [3.8, 4) is 11.5 Å². The molecule has 2 heterocycles. The van der Waals surface area contributed by atoms with Gasteiger partial charge in [0.25, 0.3) is 0 Å². The molecule has 182 valence electrons. The minimum Gasteiger partial charge on any atom is -1.00 e. The van der Waals surface area contributed by atoms with Gasteiger partial charge in [0.2, 0.25) is 0 Å². The molecule has 0 fully saturated rings. The third kappa shape index (κ3) is 6.63. The molecule has 1 aliphatic heterocycles. The van der Waals surface area contributed by atoms with E-state index in [0.717, 1.165) is 43.5 Å². The number of unbranched alkanes of at least 4 members (excludes halogenated alkanes) is 3. The number of phenolic OH excluding ortho intramolecular Hbond substituents is 1. The zero-order chi connectivity index (χ0) is 23.3. The van der Waals surface area contributed by atoms with E-state index in [2.05, 4.69) is 86.3 Å². The van der Waals surface area contributed by atoms with Gasteiger partial charge >= 0.3 is 0 Å². The first-order valence-electron chi connectivity index (χ1n) is 12.5. The molecule has 1 unspecified atom stereocenters. The maximum absolute atomic E-state index is 11.0. The van der Waals surface area contributed by atoms with E-state index in [-0.39, 0.29) is 28.5 Å². The summed E-state index contributed by atoms with van der Waals surface area (Å²) in [6.07, 6.45) is 12.1. The summed E-state index contributed by atoms with van der Waals surface area (Å²) in [5, 5.41) is 11.0. The standard InChI is InChI=1S/C30H37NO2.BrH/c1-4-5-6-8-13-24-20-27(32)29-26(22-30(2,3)33-28(29)21-24)25-15-18-31(19-16-25)17-14-23-11-9-7-10-12-23;/h7,9-12,15-16,18-21,26H,4-6,8,13-14,17,22H2,1-3H3;1H. The van der Waals surface area contributed by atoms with Crippen molar-refractivity contribution in [3.05, 3.63) is 89.2 Å². The number of fused-ring (bicyclic) bond motifs is 1. The van der Waals surface area contributed by atoms with E-state index in [1.165, 1.54) is 36.0 Å². The number of phenols is 1. The molecule has 34 heavy (non-hydrogen) atoms. The Balaban J connectivity index is 0.00000324. The Kier molecular flexibility index (Phi) is 9.18. The second-order valence-electron chi connectivity index (χ2n) is 10.1. The first-order valence-corrected chi connectivity index (χ1v) is 12.5. The van der Waals surface area contributed by atoms with Crippen molar-refractivity contribution < 1.29 is 31.4 Å². The number of halogens is 1. The highest BCUT2D eigenvalue weighted by atomic mass is 79.9. The summed E-state index contributed by atoms with van der Waals surface area (Å²) in [4.78, 5) is 0. The Morgan fingerprint density at radius 3 is 2.38 bits per heavy atom. The third-order valence-electron chi connectivity index (χ3n) is 6.75. The minimum atomic E-state index is -0.274. The van der Waals surface area contributed by atoms with Crippen LogP contribution in [0.2, 0.25) is 0 Å². The second-order valence-corrected chi connectivity index (χ2v) is 10.1. The van der Waals surface area contributed by atoms with Gasteiger partial charge in [-0.15, -0.1) is 0 Å². The van der Waals surface area contributed by atoms with Crippen LogP contribution in [0.3, 0.4) is 0 Å². The summed E-state index contributed by atoms with van der Waals surface area (Å²) in [6, 6.07) is 19.1. The SMILES string of the molecule is CCCCCCc1cc(O)c2c(c1)OC(C)(C)CC2c1cc[n+](CCc2ccccc2)cc1.[Br-]. The van der Waals surface area contributed by atoms with Crippen LogP contribution in [0, 0.1) is 0 Å². The molecular weight excluding hydrogens is 486 g/mol. The van der Waals surface area contributed by atoms with E-state index in [0.29, 0.717) is 5.75 Å². The largest absolute Gasteiger partial charge is 1.00 e. The van der Waals surface area contributed by atoms with Crippen molar-refractivity contribution in [3.63, 3.8) is 0 Å². The zero-order valence-corrected chi connectivity index (χ0v) is 22.4. The van der Waals surface area contributed by atoms with E-state index in [1.54, 1.807) is 0 Å². The fraction of sp³-hybridized carbons (Fsp3) is 0.433. The number of pyridine rings is 1. The molecule has 0 spiro atoms. The number of aromatic nitrogens is 1. The molecule has 1 N–H and O–H groups in total. The molecule has 1 aromatic heterocycles. The normalized spacial score (nSPS) is 16.3. The molecule has 0 amide bonds. The van der Waals surface area contributed by atoms with Crippen molar-refractivity contribution >= 4 is 0 Å². The second kappa shape index (κ2) is 11.9. The van der Waals surface area contributed by atoms with Crippen molar-refractivity contribution in [2.75, 3.05) is 0 Å². The quantitative estimate of drug-likeness (QED) is 0.342. The van der Waals surface area contributed by atoms with Gasteiger partial charge in [0.05, 0.1) is 0 Å². The van der Waals surface area contributed by atoms with E-state index < -0.39 is 0 Å². The van der Waals surface area contributed by atoms with Gasteiger partial charge in [-0.2, -0.15) is 0 Å². The number of aromatic hydroxyl groups is 1. The number of hydrogen-bond donors (Lipinski definition) is 1. The molecule has 4 heteroatoms. The minimum absolute atomic E-state index is 0. The van der Waals surface area contributed by atoms with Gasteiger partial charge in [0.15, 0.2) is 18.9 Å². The van der Waals surface area contributed by atoms with Crippen LogP contribution >= 0.6 is 0 Å². The van der Waals surface area contributed by atoms with Crippen LogP contribution in [0.15, 0.2) is 67.0 Å². The summed E-state index contributed by atoms with van der Waals surface area (Å²) >= 11 is 0. The molecule has 3 nitrogen and oxygen atoms in total. The Labute approximate surface area is 215 Å². The predicted octanol–water partition coefficient (Wildman–Crippen LogP) is 3.74. The summed E-state index contributed by atoms with van der Waals surface area (Å²) in [7, 11) is 0. The van der Waals surface area contributed by atoms with Gasteiger partial charge in [-0.05, 0) is 61.9 Å². The Hall–Kier alpha value is -2.33. The molecule has 0 saturated heterocycles. The van der Waals surface area contributed by atoms with E-state index in [9.17, 15) is 5.11 Å². The first-order chi connectivity index (χ1) is 15.9. The highest BCUT2D eigenvalue weighted by Crippen LogP contribution is 2.48. The number of ether oxygens (including phenoxy) is 1. The van der Waals surface area contributed by atoms with E-state index >= 15 is 0 Å². The lowest BCUT2D eigenvalue weighted by molar-refractivity contribution is -0.696. The number of hydrogen-bond acceptors (Lipinski definition) is 2. The van der Waals surface area contributed by atoms with Gasteiger partial charge in [-0.1, -0.05) is 56.5 Å². The van der Waals surface area contributed by atoms with Crippen LogP contribution in [-0.4, -0.2) is 10.7 Å². The van der Waals surface area contributed by atoms with Crippen LogP contribution in [0.4, 0.5) is 0 Å². The van der Waals surface area contributed by atoms with Crippen molar-refractivity contribution in [2.45, 2.75) is 83.8 Å². The van der Waals surface area contributed by atoms with Gasteiger partial charge in [-0.25, -0.2) is 4.57 Å². The topological polar surface area (TPSA) is 33.3 Å². The zero-order valence-electron chi connectivity index (χ0n) is 20.8. The number of nitrogens with zero attached hydrogens (tertiary/aromatic N) is 1. The molecule has 1 atom stereocenters. The van der Waals surface area contributed by atoms with Gasteiger partial charge in [-0.3, -0.25) is 0 Å². The smallest absolute Gasteiger partial charge is 0.169 e. The van der Waals surface area contributed by atoms with E-state index in [1.807, 2.05) is 6.07 Å². The first kappa shape index (κ1) is 26.3. The molecule has 1 aliphatic rings. The van der Waals surface area contributed by atoms with Gasteiger partial charge in [0, 0.05) is 30.0 Å². The Morgan fingerprint density at radius 2 is 1.68 bits per heavy atom. The monoisotopic (exact) mass is 523 g/mol. The maximum atomic E-state index is 11.0. The molecule has 3 aromatic rings. The highest BCUT2D eigenvalue weighted by Gasteiger charge is 2.37. The fourth-order valence-corrected chi connectivity index (χ4v) is 4.97. The molecule has 0 bridgehead atoms. The van der Waals surface area contributed by atoms with Crippen molar-refractivity contribution in [2.24, 2.45) is 0 Å². The lowest BCUT2D eigenvalue weighted by Crippen LogP contribution is -3.00. The molecule has 4 rings (SSSR count). The van der Waals surface area contributed by atoms with Crippen molar-refractivity contribution in [1.82, 2.24) is 0 Å². The van der Waals surface area contributed by atoms with Crippen LogP contribution < -0.4 is 26.3 Å². The molecule has 0 aliphatic carbocycles. The average molecular weight is 525 g/mol. The number of aryl methyl sites for hydroxylation is 3. The lowest BCUT2D eigenvalue weighted by Gasteiger charge is -2.38. The molecular formula is C30H38BrNO2. The predicted molar refractivity (Wildman–Crippen MR) is 134 cm³/mol. The highest BCUT2D eigenvalue weighted by molar-refractivity contribution is 5.54. The average Bonchev–Trinajstić information content (AvgIpc) is 2.80. The molecule has 2 aromatic carbocycles. The maximum Gasteiger partial charge on any atom is 0.169 e. The van der Waals surface area contributed by atoms with Crippen LogP contribution in [0.1, 0.15) is 81.0 Å². The van der Waals surface area contributed by atoms with Crippen LogP contribution in [-0.2, 0) is 19.4 Å². The summed E-state index contributed by atoms with van der Waals surface area (Å²) < 4.78 is 8.60. The summed E-state index contributed by atoms with van der Waals surface area (Å²) in [5.41, 5.74) is 4.42. The fourth-order valence-electron chi connectivity index (χ4n) is 4.97. The molecule has 0 saturated carbocycles. The number of rotatable bonds is 9. The van der Waals surface area contributed by atoms with E-state index in [4.69, 9.17) is 4.74 Å². The lowest BCUT2D eigenvalue weighted by atomic mass is 9.79. The summed E-state index contributed by atoms with van der Waals surface area (Å²) in [6.45, 7) is 7.48. The van der Waals surface area contributed by atoms with Crippen molar-refractivity contribution in [1.29, 1.82) is 0 Å².